The number of nitrogen functional groups attached to an aromatic ring is 3. The summed E-state index contributed by atoms with van der Waals surface area (Å²) in [5.41, 5.74) is 21.8. The molecule has 1 atom stereocenters. The highest BCUT2D eigenvalue weighted by molar-refractivity contribution is 5.78. The zero-order valence-corrected chi connectivity index (χ0v) is 11.1. The van der Waals surface area contributed by atoms with Gasteiger partial charge in [-0.05, 0) is 41.0 Å². The lowest BCUT2D eigenvalue weighted by atomic mass is 9.93. The normalized spacial score (nSPS) is 12.3. The van der Waals surface area contributed by atoms with Gasteiger partial charge in [0.15, 0.2) is 0 Å². The number of rotatable bonds is 4. The highest BCUT2D eigenvalue weighted by Gasteiger charge is 2.14. The fraction of sp³-hybridized carbons (Fsp3) is 0.200. The molecule has 0 radical (unpaired) electrons. The van der Waals surface area contributed by atoms with Gasteiger partial charge in [0.05, 0.1) is 12.7 Å². The van der Waals surface area contributed by atoms with Gasteiger partial charge in [-0.25, -0.2) is 0 Å². The Morgan fingerprint density at radius 2 is 1.60 bits per heavy atom. The Balaban J connectivity index is 2.52. The predicted octanol–water partition coefficient (Wildman–Crippen LogP) is 0.996. The quantitative estimate of drug-likeness (QED) is 0.532. The van der Waals surface area contributed by atoms with Crippen molar-refractivity contribution in [1.82, 2.24) is 0 Å². The summed E-state index contributed by atoms with van der Waals surface area (Å²) in [6, 6.07) is 10.8. The third-order valence-electron chi connectivity index (χ3n) is 3.18. The predicted molar refractivity (Wildman–Crippen MR) is 81.9 cm³/mol. The number of anilines is 3. The van der Waals surface area contributed by atoms with Gasteiger partial charge in [-0.2, -0.15) is 0 Å². The summed E-state index contributed by atoms with van der Waals surface area (Å²) >= 11 is 0. The highest BCUT2D eigenvalue weighted by Crippen LogP contribution is 2.32. The third kappa shape index (κ3) is 3.01. The molecule has 2 rings (SSSR count). The van der Waals surface area contributed by atoms with E-state index in [1.54, 1.807) is 24.3 Å². The van der Waals surface area contributed by atoms with Crippen LogP contribution >= 0.6 is 0 Å². The number of hydrogen-bond acceptors (Lipinski definition) is 5. The summed E-state index contributed by atoms with van der Waals surface area (Å²) in [4.78, 5) is 0. The van der Waals surface area contributed by atoms with Crippen LogP contribution in [0.15, 0.2) is 36.4 Å². The summed E-state index contributed by atoms with van der Waals surface area (Å²) in [5, 5.41) is 18.7. The maximum atomic E-state index is 9.66. The summed E-state index contributed by atoms with van der Waals surface area (Å²) < 4.78 is 0. The lowest BCUT2D eigenvalue weighted by Crippen LogP contribution is -2.17. The Morgan fingerprint density at radius 1 is 0.950 bits per heavy atom. The Hall–Kier alpha value is -2.24. The van der Waals surface area contributed by atoms with Gasteiger partial charge in [0, 0.05) is 23.5 Å². The molecule has 8 N–H and O–H groups in total. The number of aliphatic hydroxyl groups is 2. The molecule has 1 unspecified atom stereocenters. The van der Waals surface area contributed by atoms with Crippen LogP contribution < -0.4 is 17.2 Å². The minimum Gasteiger partial charge on any atom is -0.399 e. The van der Waals surface area contributed by atoms with Crippen LogP contribution in [0, 0.1) is 0 Å². The van der Waals surface area contributed by atoms with Crippen LogP contribution in [0.2, 0.25) is 0 Å². The number of nitrogens with two attached hydrogens (primary N) is 3. The average molecular weight is 273 g/mol. The average Bonchev–Trinajstić information content (AvgIpc) is 2.42. The molecule has 2 aromatic rings. The lowest BCUT2D eigenvalue weighted by molar-refractivity contribution is 0.0957. The molecule has 0 amide bonds. The molecule has 0 aromatic heterocycles. The Labute approximate surface area is 117 Å². The molecule has 0 saturated carbocycles. The van der Waals surface area contributed by atoms with Crippen LogP contribution in [-0.2, 0) is 6.42 Å². The first-order chi connectivity index (χ1) is 9.51. The van der Waals surface area contributed by atoms with Crippen molar-refractivity contribution in [3.63, 3.8) is 0 Å². The fourth-order valence-electron chi connectivity index (χ4n) is 2.17. The van der Waals surface area contributed by atoms with Crippen molar-refractivity contribution in [3.8, 4) is 11.1 Å². The van der Waals surface area contributed by atoms with Crippen LogP contribution in [0.4, 0.5) is 17.1 Å². The van der Waals surface area contributed by atoms with E-state index in [0.717, 1.165) is 16.7 Å². The first-order valence-corrected chi connectivity index (χ1v) is 6.34. The topological polar surface area (TPSA) is 119 Å². The molecule has 0 fully saturated rings. The molecule has 106 valence electrons. The Morgan fingerprint density at radius 3 is 2.20 bits per heavy atom. The van der Waals surface area contributed by atoms with Crippen LogP contribution in [0.3, 0.4) is 0 Å². The van der Waals surface area contributed by atoms with Gasteiger partial charge in [-0.15, -0.1) is 0 Å². The van der Waals surface area contributed by atoms with Gasteiger partial charge in [0.1, 0.15) is 0 Å². The molecular formula is C15H19N3O2. The van der Waals surface area contributed by atoms with Gasteiger partial charge in [0.25, 0.3) is 0 Å². The van der Waals surface area contributed by atoms with Crippen molar-refractivity contribution in [1.29, 1.82) is 0 Å². The van der Waals surface area contributed by atoms with Gasteiger partial charge in [-0.1, -0.05) is 12.1 Å². The van der Waals surface area contributed by atoms with E-state index in [9.17, 15) is 5.11 Å². The Bertz CT molecular complexity index is 597. The number of aliphatic hydroxyl groups excluding tert-OH is 2. The molecule has 0 saturated heterocycles. The molecule has 0 bridgehead atoms. The van der Waals surface area contributed by atoms with Crippen molar-refractivity contribution >= 4 is 17.1 Å². The molecule has 0 heterocycles. The van der Waals surface area contributed by atoms with Gasteiger partial charge < -0.3 is 27.4 Å². The minimum absolute atomic E-state index is 0.266. The minimum atomic E-state index is -0.853. The third-order valence-corrected chi connectivity index (χ3v) is 3.18. The van der Waals surface area contributed by atoms with Crippen LogP contribution in [0.5, 0.6) is 0 Å². The summed E-state index contributed by atoms with van der Waals surface area (Å²) in [7, 11) is 0. The zero-order valence-electron chi connectivity index (χ0n) is 11.1. The van der Waals surface area contributed by atoms with E-state index in [2.05, 4.69) is 0 Å². The molecule has 0 aliphatic heterocycles. The Kier molecular flexibility index (Phi) is 4.12. The van der Waals surface area contributed by atoms with E-state index in [-0.39, 0.29) is 13.0 Å². The summed E-state index contributed by atoms with van der Waals surface area (Å²) in [5.74, 6) is 0. The zero-order chi connectivity index (χ0) is 14.7. The summed E-state index contributed by atoms with van der Waals surface area (Å²) in [6.45, 7) is -0.314. The van der Waals surface area contributed by atoms with Gasteiger partial charge in [0.2, 0.25) is 0 Å². The van der Waals surface area contributed by atoms with E-state index < -0.39 is 6.10 Å². The smallest absolute Gasteiger partial charge is 0.0812 e. The van der Waals surface area contributed by atoms with E-state index in [4.69, 9.17) is 22.3 Å². The van der Waals surface area contributed by atoms with Crippen molar-refractivity contribution in [2.75, 3.05) is 23.8 Å². The standard InChI is InChI=1S/C15H19N3O2/c16-10-3-1-9(2-4-10)13-5-11(17)6-15(18)14(13)7-12(20)8-19/h1-6,12,19-20H,7-8,16-18H2. The molecule has 2 aromatic carbocycles. The van der Waals surface area contributed by atoms with E-state index in [0.29, 0.717) is 17.1 Å². The first kappa shape index (κ1) is 14.2. The van der Waals surface area contributed by atoms with Crippen molar-refractivity contribution in [2.45, 2.75) is 12.5 Å². The van der Waals surface area contributed by atoms with Gasteiger partial charge in [-0.3, -0.25) is 0 Å². The van der Waals surface area contributed by atoms with Crippen LogP contribution in [-0.4, -0.2) is 22.9 Å². The highest BCUT2D eigenvalue weighted by atomic mass is 16.3. The lowest BCUT2D eigenvalue weighted by Gasteiger charge is -2.16. The number of benzene rings is 2. The monoisotopic (exact) mass is 273 g/mol. The fourth-order valence-corrected chi connectivity index (χ4v) is 2.17. The van der Waals surface area contributed by atoms with E-state index in [1.807, 2.05) is 12.1 Å². The van der Waals surface area contributed by atoms with Gasteiger partial charge >= 0.3 is 0 Å². The van der Waals surface area contributed by atoms with Crippen LogP contribution in [0.25, 0.3) is 11.1 Å². The maximum absolute atomic E-state index is 9.66. The second-order valence-corrected chi connectivity index (χ2v) is 4.80. The second kappa shape index (κ2) is 5.81. The second-order valence-electron chi connectivity index (χ2n) is 4.80. The molecule has 0 aliphatic carbocycles. The maximum Gasteiger partial charge on any atom is 0.0812 e. The first-order valence-electron chi connectivity index (χ1n) is 6.34. The number of hydrogen-bond donors (Lipinski definition) is 5. The SMILES string of the molecule is Nc1ccc(-c2cc(N)cc(N)c2CC(O)CO)cc1. The summed E-state index contributed by atoms with van der Waals surface area (Å²) in [6.07, 6.45) is -0.587. The molecule has 5 heteroatoms. The molecule has 5 nitrogen and oxygen atoms in total. The molecule has 0 aliphatic rings. The van der Waals surface area contributed by atoms with E-state index in [1.165, 1.54) is 0 Å². The van der Waals surface area contributed by atoms with Crippen molar-refractivity contribution in [3.05, 3.63) is 42.0 Å². The molecule has 20 heavy (non-hydrogen) atoms. The van der Waals surface area contributed by atoms with E-state index >= 15 is 0 Å². The molecular weight excluding hydrogens is 254 g/mol. The largest absolute Gasteiger partial charge is 0.399 e. The van der Waals surface area contributed by atoms with Crippen LogP contribution in [0.1, 0.15) is 5.56 Å². The van der Waals surface area contributed by atoms with Crippen molar-refractivity contribution < 1.29 is 10.2 Å². The van der Waals surface area contributed by atoms with Crippen molar-refractivity contribution in [2.24, 2.45) is 0 Å². The molecule has 0 spiro atoms.